The van der Waals surface area contributed by atoms with Gasteiger partial charge in [0.25, 0.3) is 0 Å². The zero-order chi connectivity index (χ0) is 5.11. The molecule has 0 fully saturated rings. The van der Waals surface area contributed by atoms with Crippen molar-refractivity contribution in [2.45, 2.75) is 0 Å². The summed E-state index contributed by atoms with van der Waals surface area (Å²) < 4.78 is 11.9. The molecule has 0 bridgehead atoms. The molecule has 1 aromatic heterocycles. The Bertz CT molecular complexity index is 142. The Labute approximate surface area is 57.3 Å². The molecular weight excluding hydrogens is 173 g/mol. The predicted octanol–water partition coefficient (Wildman–Crippen LogP) is 1.80. The Kier molecular flexibility index (Phi) is 3.35. The van der Waals surface area contributed by atoms with Crippen molar-refractivity contribution in [3.8, 4) is 0 Å². The zero-order valence-electron chi connectivity index (χ0n) is 4.04. The van der Waals surface area contributed by atoms with Gasteiger partial charge in [-0.3, -0.25) is 4.98 Å². The summed E-state index contributed by atoms with van der Waals surface area (Å²) in [5.74, 6) is -0.241. The average Bonchev–Trinajstić information content (AvgIpc) is 1.69. The SMILES string of the molecule is Br.Fc1ccncc1. The first-order valence-electron chi connectivity index (χ1n) is 1.95. The van der Waals surface area contributed by atoms with Gasteiger partial charge in [0.2, 0.25) is 0 Å². The van der Waals surface area contributed by atoms with Crippen molar-refractivity contribution in [1.82, 2.24) is 4.98 Å². The second-order valence-corrected chi connectivity index (χ2v) is 1.17. The normalized spacial score (nSPS) is 7.62. The van der Waals surface area contributed by atoms with E-state index in [-0.39, 0.29) is 22.8 Å². The number of nitrogens with zero attached hydrogens (tertiary/aromatic N) is 1. The summed E-state index contributed by atoms with van der Waals surface area (Å²) in [5, 5.41) is 0. The van der Waals surface area contributed by atoms with E-state index in [1.54, 1.807) is 0 Å². The van der Waals surface area contributed by atoms with Crippen LogP contribution < -0.4 is 0 Å². The highest BCUT2D eigenvalue weighted by Gasteiger charge is 1.78. The van der Waals surface area contributed by atoms with Crippen LogP contribution in [0.5, 0.6) is 0 Å². The van der Waals surface area contributed by atoms with Crippen molar-refractivity contribution in [3.05, 3.63) is 30.3 Å². The molecule has 1 heterocycles. The van der Waals surface area contributed by atoms with Crippen LogP contribution in [0.4, 0.5) is 4.39 Å². The van der Waals surface area contributed by atoms with E-state index in [0.29, 0.717) is 0 Å². The third-order valence-electron chi connectivity index (χ3n) is 0.640. The number of aromatic nitrogens is 1. The molecule has 0 atom stereocenters. The first kappa shape index (κ1) is 7.56. The molecule has 1 nitrogen and oxygen atoms in total. The van der Waals surface area contributed by atoms with Crippen LogP contribution in [-0.4, -0.2) is 4.98 Å². The Morgan fingerprint density at radius 1 is 1.25 bits per heavy atom. The summed E-state index contributed by atoms with van der Waals surface area (Å²) in [6.45, 7) is 0. The second-order valence-electron chi connectivity index (χ2n) is 1.17. The lowest BCUT2D eigenvalue weighted by Gasteiger charge is -1.78. The predicted molar refractivity (Wildman–Crippen MR) is 34.5 cm³/mol. The molecule has 0 aliphatic rings. The van der Waals surface area contributed by atoms with Gasteiger partial charge in [0.05, 0.1) is 0 Å². The van der Waals surface area contributed by atoms with Crippen LogP contribution in [0.2, 0.25) is 0 Å². The smallest absolute Gasteiger partial charge is 0.126 e. The van der Waals surface area contributed by atoms with Gasteiger partial charge in [-0.1, -0.05) is 0 Å². The van der Waals surface area contributed by atoms with E-state index in [1.165, 1.54) is 24.5 Å². The molecule has 0 radical (unpaired) electrons. The summed E-state index contributed by atoms with van der Waals surface area (Å²) in [6.07, 6.45) is 2.82. The Morgan fingerprint density at radius 2 is 1.75 bits per heavy atom. The van der Waals surface area contributed by atoms with E-state index >= 15 is 0 Å². The van der Waals surface area contributed by atoms with Crippen molar-refractivity contribution in [2.75, 3.05) is 0 Å². The highest BCUT2D eigenvalue weighted by molar-refractivity contribution is 8.93. The molecule has 0 amide bonds. The molecule has 0 aliphatic heterocycles. The van der Waals surface area contributed by atoms with Crippen LogP contribution in [0.25, 0.3) is 0 Å². The fourth-order valence-corrected chi connectivity index (χ4v) is 0.334. The van der Waals surface area contributed by atoms with Gasteiger partial charge >= 0.3 is 0 Å². The largest absolute Gasteiger partial charge is 0.265 e. The van der Waals surface area contributed by atoms with E-state index in [4.69, 9.17) is 0 Å². The van der Waals surface area contributed by atoms with Crippen molar-refractivity contribution in [1.29, 1.82) is 0 Å². The summed E-state index contributed by atoms with van der Waals surface area (Å²) in [7, 11) is 0. The fraction of sp³-hybridized carbons (Fsp3) is 0. The maximum absolute atomic E-state index is 11.9. The standard InChI is InChI=1S/C5H4FN.BrH/c6-5-1-3-7-4-2-5;/h1-4H;1H. The molecule has 0 saturated heterocycles. The molecule has 0 aromatic carbocycles. The molecule has 1 aromatic rings. The van der Waals surface area contributed by atoms with Crippen LogP contribution >= 0.6 is 17.0 Å². The maximum atomic E-state index is 11.9. The minimum Gasteiger partial charge on any atom is -0.265 e. The molecule has 44 valence electrons. The van der Waals surface area contributed by atoms with E-state index in [2.05, 4.69) is 4.98 Å². The summed E-state index contributed by atoms with van der Waals surface area (Å²) >= 11 is 0. The van der Waals surface area contributed by atoms with Crippen LogP contribution in [0, 0.1) is 5.82 Å². The minimum absolute atomic E-state index is 0. The van der Waals surface area contributed by atoms with Crippen LogP contribution in [-0.2, 0) is 0 Å². The van der Waals surface area contributed by atoms with Gasteiger partial charge < -0.3 is 0 Å². The molecular formula is C5H5BrFN. The third-order valence-corrected chi connectivity index (χ3v) is 0.640. The Balaban J connectivity index is 0.000000490. The number of hydrogen-bond acceptors (Lipinski definition) is 1. The van der Waals surface area contributed by atoms with Gasteiger partial charge in [-0.25, -0.2) is 4.39 Å². The lowest BCUT2D eigenvalue weighted by molar-refractivity contribution is 0.625. The van der Waals surface area contributed by atoms with Crippen LogP contribution in [0.3, 0.4) is 0 Å². The van der Waals surface area contributed by atoms with E-state index < -0.39 is 0 Å². The Morgan fingerprint density at radius 3 is 2.00 bits per heavy atom. The Hall–Kier alpha value is -0.440. The van der Waals surface area contributed by atoms with Crippen molar-refractivity contribution in [3.63, 3.8) is 0 Å². The van der Waals surface area contributed by atoms with E-state index in [1.807, 2.05) is 0 Å². The summed E-state index contributed by atoms with van der Waals surface area (Å²) in [6, 6.07) is 2.61. The number of halogens is 2. The topological polar surface area (TPSA) is 12.9 Å². The molecule has 1 rings (SSSR count). The molecule has 0 N–H and O–H groups in total. The first-order valence-corrected chi connectivity index (χ1v) is 1.95. The monoisotopic (exact) mass is 177 g/mol. The summed E-state index contributed by atoms with van der Waals surface area (Å²) in [4.78, 5) is 3.61. The number of hydrogen-bond donors (Lipinski definition) is 0. The molecule has 3 heteroatoms. The van der Waals surface area contributed by atoms with Gasteiger partial charge in [-0.2, -0.15) is 0 Å². The summed E-state index contributed by atoms with van der Waals surface area (Å²) in [5.41, 5.74) is 0. The minimum atomic E-state index is -0.241. The van der Waals surface area contributed by atoms with Gasteiger partial charge in [-0.15, -0.1) is 17.0 Å². The number of pyridine rings is 1. The fourth-order valence-electron chi connectivity index (χ4n) is 0.334. The second kappa shape index (κ2) is 3.55. The van der Waals surface area contributed by atoms with Gasteiger partial charge in [-0.05, 0) is 12.1 Å². The highest BCUT2D eigenvalue weighted by atomic mass is 79.9. The number of rotatable bonds is 0. The van der Waals surface area contributed by atoms with E-state index in [9.17, 15) is 4.39 Å². The maximum Gasteiger partial charge on any atom is 0.126 e. The van der Waals surface area contributed by atoms with Crippen molar-refractivity contribution < 1.29 is 4.39 Å². The lowest BCUT2D eigenvalue weighted by atomic mass is 10.5. The molecule has 0 aliphatic carbocycles. The molecule has 0 spiro atoms. The third kappa shape index (κ3) is 2.02. The van der Waals surface area contributed by atoms with Gasteiger partial charge in [0.1, 0.15) is 5.82 Å². The van der Waals surface area contributed by atoms with Crippen LogP contribution in [0.15, 0.2) is 24.5 Å². The van der Waals surface area contributed by atoms with Crippen molar-refractivity contribution in [2.24, 2.45) is 0 Å². The quantitative estimate of drug-likeness (QED) is 0.590. The zero-order valence-corrected chi connectivity index (χ0v) is 5.76. The van der Waals surface area contributed by atoms with Crippen molar-refractivity contribution >= 4 is 17.0 Å². The molecule has 0 unspecified atom stereocenters. The average molecular weight is 178 g/mol. The lowest BCUT2D eigenvalue weighted by Crippen LogP contribution is -1.69. The van der Waals surface area contributed by atoms with Crippen LogP contribution in [0.1, 0.15) is 0 Å². The van der Waals surface area contributed by atoms with Gasteiger partial charge in [0, 0.05) is 12.4 Å². The van der Waals surface area contributed by atoms with Gasteiger partial charge in [0.15, 0.2) is 0 Å². The molecule has 0 saturated carbocycles. The highest BCUT2D eigenvalue weighted by Crippen LogP contribution is 1.88. The first-order chi connectivity index (χ1) is 3.39. The van der Waals surface area contributed by atoms with E-state index in [0.717, 1.165) is 0 Å². The molecule has 8 heavy (non-hydrogen) atoms.